The summed E-state index contributed by atoms with van der Waals surface area (Å²) < 4.78 is 6.63. The average molecular weight is 594 g/mol. The van der Waals surface area contributed by atoms with Gasteiger partial charge in [-0.05, 0) is 69.1 Å². The predicted octanol–water partition coefficient (Wildman–Crippen LogP) is 12.8. The lowest BCUT2D eigenvalue weighted by Gasteiger charge is -2.28. The summed E-state index contributed by atoms with van der Waals surface area (Å²) in [4.78, 5) is 2.40. The molecule has 0 saturated carbocycles. The molecule has 8 aromatic rings. The van der Waals surface area contributed by atoms with Crippen molar-refractivity contribution in [2.45, 2.75) is 26.2 Å². The summed E-state index contributed by atoms with van der Waals surface area (Å²) in [6.07, 6.45) is 0. The lowest BCUT2D eigenvalue weighted by Crippen LogP contribution is -2.12. The molecule has 1 heterocycles. The van der Waals surface area contributed by atoms with Crippen molar-refractivity contribution < 1.29 is 4.42 Å². The monoisotopic (exact) mass is 593 g/mol. The second-order valence-electron chi connectivity index (χ2n) is 13.0. The molecule has 0 amide bonds. The van der Waals surface area contributed by atoms with Crippen LogP contribution < -0.4 is 4.90 Å². The van der Waals surface area contributed by atoms with Crippen LogP contribution in [0.5, 0.6) is 0 Å². The van der Waals surface area contributed by atoms with Gasteiger partial charge in [-0.1, -0.05) is 142 Å². The van der Waals surface area contributed by atoms with E-state index < -0.39 is 0 Å². The van der Waals surface area contributed by atoms with Gasteiger partial charge in [0.15, 0.2) is 0 Å². The number of rotatable bonds is 5. The summed E-state index contributed by atoms with van der Waals surface area (Å²) in [7, 11) is 0. The van der Waals surface area contributed by atoms with Crippen LogP contribution in [-0.4, -0.2) is 0 Å². The normalized spacial score (nSPS) is 11.8. The number of hydrogen-bond donors (Lipinski definition) is 0. The summed E-state index contributed by atoms with van der Waals surface area (Å²) in [5.41, 5.74) is 8.82. The fraction of sp³-hybridized carbons (Fsp3) is 0.0909. The molecular formula is C44H35NO. The van der Waals surface area contributed by atoms with Crippen LogP contribution in [0, 0.1) is 0 Å². The van der Waals surface area contributed by atoms with Crippen LogP contribution in [0.4, 0.5) is 17.1 Å². The van der Waals surface area contributed by atoms with E-state index >= 15 is 0 Å². The van der Waals surface area contributed by atoms with Gasteiger partial charge < -0.3 is 9.32 Å². The van der Waals surface area contributed by atoms with Gasteiger partial charge in [-0.2, -0.15) is 0 Å². The van der Waals surface area contributed by atoms with Gasteiger partial charge in [0.2, 0.25) is 0 Å². The fourth-order valence-corrected chi connectivity index (χ4v) is 6.86. The number of nitrogens with zero attached hydrogens (tertiary/aromatic N) is 1. The molecule has 2 heteroatoms. The maximum Gasteiger partial charge on any atom is 0.139 e. The third-order valence-electron chi connectivity index (χ3n) is 8.93. The van der Waals surface area contributed by atoms with Gasteiger partial charge in [-0.15, -0.1) is 0 Å². The first-order chi connectivity index (χ1) is 22.5. The van der Waals surface area contributed by atoms with Gasteiger partial charge in [0.1, 0.15) is 11.3 Å². The van der Waals surface area contributed by atoms with Gasteiger partial charge in [0, 0.05) is 33.3 Å². The Balaban J connectivity index is 1.36. The summed E-state index contributed by atoms with van der Waals surface area (Å²) >= 11 is 0. The quantitative estimate of drug-likeness (QED) is 0.185. The lowest BCUT2D eigenvalue weighted by atomic mass is 9.83. The molecule has 0 aliphatic heterocycles. The molecule has 0 radical (unpaired) electrons. The van der Waals surface area contributed by atoms with E-state index in [0.717, 1.165) is 34.0 Å². The second kappa shape index (κ2) is 11.1. The van der Waals surface area contributed by atoms with E-state index in [0.29, 0.717) is 0 Å². The molecular weight excluding hydrogens is 558 g/mol. The minimum Gasteiger partial charge on any atom is -0.456 e. The Morgan fingerprint density at radius 1 is 0.457 bits per heavy atom. The van der Waals surface area contributed by atoms with Crippen LogP contribution in [0.15, 0.2) is 162 Å². The molecule has 0 aliphatic rings. The Labute approximate surface area is 270 Å². The molecule has 7 aromatic carbocycles. The predicted molar refractivity (Wildman–Crippen MR) is 195 cm³/mol. The van der Waals surface area contributed by atoms with E-state index in [-0.39, 0.29) is 5.41 Å². The fourth-order valence-electron chi connectivity index (χ4n) is 6.86. The number of hydrogen-bond acceptors (Lipinski definition) is 2. The standard InChI is InChI=1S/C44H35NO/c1-44(2,3)42-39-22-11-12-23-41(39)46-43(42)33-17-13-18-35(28-33)45(34-26-24-31(25-27-34)30-14-5-4-6-15-30)40-29-32-16-7-8-19-36(32)37-20-9-10-21-38(37)40/h4-29H,1-3H3. The first-order valence-electron chi connectivity index (χ1n) is 15.9. The van der Waals surface area contributed by atoms with E-state index in [4.69, 9.17) is 4.42 Å². The van der Waals surface area contributed by atoms with Crippen molar-refractivity contribution in [1.29, 1.82) is 0 Å². The Hall–Kier alpha value is -5.60. The maximum absolute atomic E-state index is 6.63. The van der Waals surface area contributed by atoms with Crippen LogP contribution in [0.1, 0.15) is 26.3 Å². The molecule has 8 rings (SSSR count). The zero-order chi connectivity index (χ0) is 31.3. The van der Waals surface area contributed by atoms with Gasteiger partial charge in [0.05, 0.1) is 5.69 Å². The minimum absolute atomic E-state index is 0.0978. The molecule has 2 nitrogen and oxygen atoms in total. The van der Waals surface area contributed by atoms with Gasteiger partial charge in [-0.25, -0.2) is 0 Å². The first-order valence-corrected chi connectivity index (χ1v) is 15.9. The Kier molecular flexibility index (Phi) is 6.73. The molecule has 0 N–H and O–H groups in total. The van der Waals surface area contributed by atoms with Gasteiger partial charge >= 0.3 is 0 Å². The molecule has 0 aliphatic carbocycles. The zero-order valence-corrected chi connectivity index (χ0v) is 26.4. The van der Waals surface area contributed by atoms with Crippen LogP contribution >= 0.6 is 0 Å². The van der Waals surface area contributed by atoms with E-state index in [9.17, 15) is 0 Å². The van der Waals surface area contributed by atoms with Gasteiger partial charge in [-0.3, -0.25) is 0 Å². The van der Waals surface area contributed by atoms with Crippen molar-refractivity contribution in [2.75, 3.05) is 4.90 Å². The highest BCUT2D eigenvalue weighted by atomic mass is 16.3. The van der Waals surface area contributed by atoms with Gasteiger partial charge in [0.25, 0.3) is 0 Å². The number of para-hydroxylation sites is 1. The number of anilines is 3. The Morgan fingerprint density at radius 3 is 1.83 bits per heavy atom. The van der Waals surface area contributed by atoms with Crippen molar-refractivity contribution in [3.8, 4) is 22.5 Å². The van der Waals surface area contributed by atoms with E-state index in [2.05, 4.69) is 177 Å². The molecule has 0 atom stereocenters. The van der Waals surface area contributed by atoms with Crippen LogP contribution in [-0.2, 0) is 5.41 Å². The SMILES string of the molecule is CC(C)(C)c1c(-c2cccc(N(c3ccc(-c4ccccc4)cc3)c3cc4ccccc4c4ccccc34)c2)oc2ccccc12. The minimum atomic E-state index is -0.0978. The van der Waals surface area contributed by atoms with E-state index in [1.54, 1.807) is 0 Å². The molecule has 0 spiro atoms. The first kappa shape index (κ1) is 27.9. The third-order valence-corrected chi connectivity index (χ3v) is 8.93. The molecule has 0 fully saturated rings. The van der Waals surface area contributed by atoms with Crippen molar-refractivity contribution in [3.63, 3.8) is 0 Å². The number of fused-ring (bicyclic) bond motifs is 4. The Bertz CT molecular complexity index is 2340. The van der Waals surface area contributed by atoms with Crippen molar-refractivity contribution >= 4 is 49.6 Å². The summed E-state index contributed by atoms with van der Waals surface area (Å²) in [5.74, 6) is 0.929. The zero-order valence-electron chi connectivity index (χ0n) is 26.4. The van der Waals surface area contributed by atoms with Crippen LogP contribution in [0.25, 0.3) is 55.0 Å². The van der Waals surface area contributed by atoms with E-state index in [1.165, 1.54) is 43.6 Å². The molecule has 1 aromatic heterocycles. The molecule has 0 bridgehead atoms. The third kappa shape index (κ3) is 4.83. The maximum atomic E-state index is 6.63. The van der Waals surface area contributed by atoms with Crippen molar-refractivity contribution in [1.82, 2.24) is 0 Å². The molecule has 222 valence electrons. The lowest BCUT2D eigenvalue weighted by molar-refractivity contribution is 0.568. The van der Waals surface area contributed by atoms with Crippen molar-refractivity contribution in [3.05, 3.63) is 163 Å². The average Bonchev–Trinajstić information content (AvgIpc) is 3.50. The molecule has 0 saturated heterocycles. The number of furan rings is 1. The topological polar surface area (TPSA) is 16.4 Å². The number of benzene rings is 7. The summed E-state index contributed by atoms with van der Waals surface area (Å²) in [6, 6.07) is 56.4. The summed E-state index contributed by atoms with van der Waals surface area (Å²) in [5, 5.41) is 6.09. The van der Waals surface area contributed by atoms with Crippen LogP contribution in [0.2, 0.25) is 0 Å². The van der Waals surface area contributed by atoms with Crippen molar-refractivity contribution in [2.24, 2.45) is 0 Å². The highest BCUT2D eigenvalue weighted by Gasteiger charge is 2.27. The smallest absolute Gasteiger partial charge is 0.139 e. The largest absolute Gasteiger partial charge is 0.456 e. The Morgan fingerprint density at radius 2 is 1.07 bits per heavy atom. The highest BCUT2D eigenvalue weighted by molar-refractivity contribution is 6.14. The molecule has 46 heavy (non-hydrogen) atoms. The highest BCUT2D eigenvalue weighted by Crippen LogP contribution is 2.45. The van der Waals surface area contributed by atoms with E-state index in [1.807, 2.05) is 6.07 Å². The van der Waals surface area contributed by atoms with Crippen LogP contribution in [0.3, 0.4) is 0 Å². The molecule has 0 unspecified atom stereocenters. The summed E-state index contributed by atoms with van der Waals surface area (Å²) in [6.45, 7) is 6.79. The second-order valence-corrected chi connectivity index (χ2v) is 13.0.